The van der Waals surface area contributed by atoms with Gasteiger partial charge in [0.2, 0.25) is 0 Å². The van der Waals surface area contributed by atoms with E-state index in [1.165, 1.54) is 12.5 Å². The van der Waals surface area contributed by atoms with E-state index in [9.17, 15) is 0 Å². The molecule has 2 unspecified atom stereocenters. The molecule has 0 fully saturated rings. The van der Waals surface area contributed by atoms with E-state index in [1.54, 1.807) is 0 Å². The van der Waals surface area contributed by atoms with E-state index in [-0.39, 0.29) is 0 Å². The normalized spacial score (nSPS) is 19.9. The van der Waals surface area contributed by atoms with Crippen LogP contribution < -0.4 is 5.40 Å². The molecule has 1 nitrogen and oxygen atoms in total. The fraction of sp³-hybridized carbons (Fsp3) is 1.00. The van der Waals surface area contributed by atoms with Gasteiger partial charge in [-0.1, -0.05) is 40.7 Å². The topological polar surface area (TPSA) is 26.0 Å². The van der Waals surface area contributed by atoms with Gasteiger partial charge in [0.1, 0.15) is 8.24 Å². The van der Waals surface area contributed by atoms with Crippen LogP contribution in [0.5, 0.6) is 0 Å². The van der Waals surface area contributed by atoms with Crippen LogP contribution in [0.25, 0.3) is 0 Å². The van der Waals surface area contributed by atoms with Crippen molar-refractivity contribution in [1.29, 1.82) is 0 Å². The third-order valence-corrected chi connectivity index (χ3v) is 6.94. The summed E-state index contributed by atoms with van der Waals surface area (Å²) in [5, 5.41) is 6.31. The summed E-state index contributed by atoms with van der Waals surface area (Å²) in [6.45, 7) is 11.4. The standard InChI is InChI=1S/C9H23NSi/c1-6-9(4)11(5,10)7-8(2)3/h8-9H,6-7,10H2,1-5H3. The Hall–Kier alpha value is 0.177. The summed E-state index contributed by atoms with van der Waals surface area (Å²) in [6.07, 6.45) is 1.24. The number of hydrogen-bond donors (Lipinski definition) is 1. The van der Waals surface area contributed by atoms with Gasteiger partial charge in [-0.05, 0) is 17.5 Å². The highest BCUT2D eigenvalue weighted by molar-refractivity contribution is 6.76. The summed E-state index contributed by atoms with van der Waals surface area (Å²) in [6, 6.07) is 1.27. The lowest BCUT2D eigenvalue weighted by molar-refractivity contribution is 0.695. The van der Waals surface area contributed by atoms with Crippen molar-refractivity contribution in [3.8, 4) is 0 Å². The number of nitrogens with two attached hydrogens (primary N) is 1. The Morgan fingerprint density at radius 2 is 1.73 bits per heavy atom. The Morgan fingerprint density at radius 3 is 2.00 bits per heavy atom. The largest absolute Gasteiger partial charge is 0.351 e. The summed E-state index contributed by atoms with van der Waals surface area (Å²) >= 11 is 0. The van der Waals surface area contributed by atoms with E-state index in [4.69, 9.17) is 5.40 Å². The van der Waals surface area contributed by atoms with Gasteiger partial charge in [0, 0.05) is 0 Å². The average Bonchev–Trinajstić information content (AvgIpc) is 1.83. The van der Waals surface area contributed by atoms with Crippen LogP contribution in [0.3, 0.4) is 0 Å². The van der Waals surface area contributed by atoms with Crippen molar-refractivity contribution in [2.75, 3.05) is 0 Å². The molecule has 0 saturated carbocycles. The van der Waals surface area contributed by atoms with Crippen LogP contribution in [0.15, 0.2) is 0 Å². The first-order valence-electron chi connectivity index (χ1n) is 4.69. The molecule has 0 aliphatic heterocycles. The Balaban J connectivity index is 3.98. The molecule has 0 bridgehead atoms. The summed E-state index contributed by atoms with van der Waals surface area (Å²) in [5.74, 6) is 0.769. The van der Waals surface area contributed by atoms with Crippen LogP contribution in [0, 0.1) is 5.92 Å². The second kappa shape index (κ2) is 4.26. The highest BCUT2D eigenvalue weighted by atomic mass is 28.3. The molecule has 0 saturated heterocycles. The minimum absolute atomic E-state index is 0.768. The molecule has 2 N–H and O–H groups in total. The smallest absolute Gasteiger partial charge is 0.123 e. The molecular weight excluding hydrogens is 150 g/mol. The van der Waals surface area contributed by atoms with Gasteiger partial charge in [0.25, 0.3) is 0 Å². The van der Waals surface area contributed by atoms with Crippen molar-refractivity contribution in [2.45, 2.75) is 52.2 Å². The molecule has 0 radical (unpaired) electrons. The molecule has 2 heteroatoms. The first-order valence-corrected chi connectivity index (χ1v) is 7.55. The summed E-state index contributed by atoms with van der Waals surface area (Å²) in [4.78, 5) is 0. The number of hydrogen-bond acceptors (Lipinski definition) is 1. The quantitative estimate of drug-likeness (QED) is 0.650. The molecule has 2 atom stereocenters. The molecule has 68 valence electrons. The molecule has 0 aliphatic rings. The van der Waals surface area contributed by atoms with Crippen molar-refractivity contribution in [3.05, 3.63) is 0 Å². The van der Waals surface area contributed by atoms with Gasteiger partial charge in [-0.2, -0.15) is 0 Å². The van der Waals surface area contributed by atoms with Gasteiger partial charge in [-0.25, -0.2) is 0 Å². The third-order valence-electron chi connectivity index (χ3n) is 2.59. The lowest BCUT2D eigenvalue weighted by Crippen LogP contribution is -2.46. The lowest BCUT2D eigenvalue weighted by Gasteiger charge is -2.29. The van der Waals surface area contributed by atoms with Gasteiger partial charge in [0.15, 0.2) is 0 Å². The summed E-state index contributed by atoms with van der Waals surface area (Å²) < 4.78 is 0. The maximum absolute atomic E-state index is 6.31. The van der Waals surface area contributed by atoms with E-state index in [1.807, 2.05) is 0 Å². The molecule has 0 aromatic carbocycles. The minimum Gasteiger partial charge on any atom is -0.351 e. The van der Waals surface area contributed by atoms with Crippen LogP contribution in [0.4, 0.5) is 0 Å². The fourth-order valence-electron chi connectivity index (χ4n) is 1.55. The van der Waals surface area contributed by atoms with Crippen LogP contribution in [0.1, 0.15) is 34.1 Å². The zero-order valence-electron chi connectivity index (χ0n) is 8.65. The molecule has 0 rings (SSSR count). The highest BCUT2D eigenvalue weighted by Crippen LogP contribution is 2.26. The predicted molar refractivity (Wildman–Crippen MR) is 55.2 cm³/mol. The van der Waals surface area contributed by atoms with Gasteiger partial charge < -0.3 is 5.40 Å². The van der Waals surface area contributed by atoms with Gasteiger partial charge >= 0.3 is 0 Å². The Bertz CT molecular complexity index is 110. The Kier molecular flexibility index (Phi) is 4.33. The fourth-order valence-corrected chi connectivity index (χ4v) is 4.64. The molecule has 0 heterocycles. The first kappa shape index (κ1) is 11.2. The van der Waals surface area contributed by atoms with E-state index in [2.05, 4.69) is 34.2 Å². The first-order chi connectivity index (χ1) is 4.90. The maximum atomic E-state index is 6.31. The van der Waals surface area contributed by atoms with E-state index >= 15 is 0 Å². The van der Waals surface area contributed by atoms with Crippen molar-refractivity contribution in [3.63, 3.8) is 0 Å². The van der Waals surface area contributed by atoms with Gasteiger partial charge in [0.05, 0.1) is 0 Å². The third kappa shape index (κ3) is 3.92. The van der Waals surface area contributed by atoms with Crippen LogP contribution >= 0.6 is 0 Å². The molecular formula is C9H23NSi. The molecule has 0 aromatic heterocycles. The van der Waals surface area contributed by atoms with Crippen molar-refractivity contribution in [2.24, 2.45) is 11.3 Å². The van der Waals surface area contributed by atoms with Crippen LogP contribution in [-0.2, 0) is 0 Å². The van der Waals surface area contributed by atoms with E-state index in [0.29, 0.717) is 0 Å². The van der Waals surface area contributed by atoms with Crippen LogP contribution in [-0.4, -0.2) is 8.24 Å². The zero-order valence-corrected chi connectivity index (χ0v) is 9.65. The minimum atomic E-state index is -1.37. The SMILES string of the molecule is CCC(C)[Si](C)(N)CC(C)C. The molecule has 0 aromatic rings. The van der Waals surface area contributed by atoms with Crippen molar-refractivity contribution in [1.82, 2.24) is 0 Å². The second-order valence-electron chi connectivity index (χ2n) is 4.41. The summed E-state index contributed by atoms with van der Waals surface area (Å²) in [5.41, 5.74) is 0.768. The number of rotatable bonds is 4. The predicted octanol–water partition coefficient (Wildman–Crippen LogP) is 2.98. The lowest BCUT2D eigenvalue weighted by atomic mass is 10.3. The zero-order chi connectivity index (χ0) is 9.07. The summed E-state index contributed by atoms with van der Waals surface area (Å²) in [7, 11) is -1.37. The Labute approximate surface area is 72.5 Å². The van der Waals surface area contributed by atoms with Gasteiger partial charge in [-0.15, -0.1) is 0 Å². The molecule has 0 spiro atoms. The second-order valence-corrected chi connectivity index (χ2v) is 8.82. The van der Waals surface area contributed by atoms with E-state index < -0.39 is 8.24 Å². The molecule has 0 aliphatic carbocycles. The Morgan fingerprint density at radius 1 is 1.27 bits per heavy atom. The van der Waals surface area contributed by atoms with Gasteiger partial charge in [-0.3, -0.25) is 0 Å². The monoisotopic (exact) mass is 173 g/mol. The highest BCUT2D eigenvalue weighted by Gasteiger charge is 2.28. The average molecular weight is 173 g/mol. The van der Waals surface area contributed by atoms with Crippen LogP contribution in [0.2, 0.25) is 18.1 Å². The van der Waals surface area contributed by atoms with Crippen molar-refractivity contribution >= 4 is 8.24 Å². The molecule has 11 heavy (non-hydrogen) atoms. The van der Waals surface area contributed by atoms with E-state index in [0.717, 1.165) is 11.5 Å². The maximum Gasteiger partial charge on any atom is 0.123 e. The van der Waals surface area contributed by atoms with Crippen molar-refractivity contribution < 1.29 is 0 Å². The molecule has 0 amide bonds.